The van der Waals surface area contributed by atoms with Crippen LogP contribution < -0.4 is 5.32 Å². The molecular formula is C13H17N. The van der Waals surface area contributed by atoms with E-state index in [9.17, 15) is 0 Å². The van der Waals surface area contributed by atoms with Crippen LogP contribution in [0.2, 0.25) is 0 Å². The fourth-order valence-electron chi connectivity index (χ4n) is 1.42. The summed E-state index contributed by atoms with van der Waals surface area (Å²) in [7, 11) is 1.97. The first-order valence-corrected chi connectivity index (χ1v) is 4.80. The van der Waals surface area contributed by atoms with E-state index in [1.807, 2.05) is 19.2 Å². The molecule has 0 radical (unpaired) electrons. The van der Waals surface area contributed by atoms with E-state index in [-0.39, 0.29) is 0 Å². The molecule has 0 heterocycles. The molecule has 0 saturated heterocycles. The Bertz CT molecular complexity index is 300. The van der Waals surface area contributed by atoms with Gasteiger partial charge in [-0.15, -0.1) is 0 Å². The maximum Gasteiger partial charge on any atom is 0.0358 e. The van der Waals surface area contributed by atoms with E-state index in [4.69, 9.17) is 0 Å². The minimum atomic E-state index is 0.335. The van der Waals surface area contributed by atoms with Crippen LogP contribution in [0, 0.1) is 0 Å². The van der Waals surface area contributed by atoms with Gasteiger partial charge in [0.2, 0.25) is 0 Å². The van der Waals surface area contributed by atoms with E-state index in [1.54, 1.807) is 0 Å². The van der Waals surface area contributed by atoms with Gasteiger partial charge in [0.15, 0.2) is 0 Å². The van der Waals surface area contributed by atoms with Crippen molar-refractivity contribution in [2.75, 3.05) is 7.05 Å². The highest BCUT2D eigenvalue weighted by atomic mass is 14.9. The summed E-state index contributed by atoms with van der Waals surface area (Å²) in [4.78, 5) is 0. The number of hydrogen-bond donors (Lipinski definition) is 1. The molecule has 14 heavy (non-hydrogen) atoms. The topological polar surface area (TPSA) is 12.0 Å². The van der Waals surface area contributed by atoms with E-state index >= 15 is 0 Å². The number of allylic oxidation sites excluding steroid dienone is 1. The van der Waals surface area contributed by atoms with Crippen molar-refractivity contribution in [2.24, 2.45) is 0 Å². The number of hydrogen-bond acceptors (Lipinski definition) is 1. The highest BCUT2D eigenvalue weighted by Gasteiger charge is 2.08. The average molecular weight is 187 g/mol. The zero-order valence-corrected chi connectivity index (χ0v) is 8.66. The van der Waals surface area contributed by atoms with Gasteiger partial charge in [-0.25, -0.2) is 0 Å². The van der Waals surface area contributed by atoms with Crippen molar-refractivity contribution in [2.45, 2.75) is 12.5 Å². The van der Waals surface area contributed by atoms with Crippen molar-refractivity contribution >= 4 is 0 Å². The van der Waals surface area contributed by atoms with Gasteiger partial charge in [-0.2, -0.15) is 0 Å². The standard InChI is InChI=1S/C13H17N/c1-4-11(2)10-13(14-3)12-8-6-5-7-9-12/h4-9,13-14H,1-2,10H2,3H3/t13-/m1/s1. The molecule has 0 saturated carbocycles. The van der Waals surface area contributed by atoms with Gasteiger partial charge in [-0.05, 0) is 19.0 Å². The Labute approximate surface area is 86.2 Å². The molecule has 1 N–H and O–H groups in total. The van der Waals surface area contributed by atoms with E-state index in [1.165, 1.54) is 5.56 Å². The lowest BCUT2D eigenvalue weighted by atomic mass is 10.00. The third kappa shape index (κ3) is 2.86. The van der Waals surface area contributed by atoms with Gasteiger partial charge in [0.05, 0.1) is 0 Å². The van der Waals surface area contributed by atoms with Crippen LogP contribution in [-0.4, -0.2) is 7.05 Å². The summed E-state index contributed by atoms with van der Waals surface area (Å²) in [5, 5.41) is 3.27. The van der Waals surface area contributed by atoms with E-state index in [0.717, 1.165) is 12.0 Å². The van der Waals surface area contributed by atoms with Gasteiger partial charge >= 0.3 is 0 Å². The lowest BCUT2D eigenvalue weighted by Gasteiger charge is -2.16. The van der Waals surface area contributed by atoms with Crippen molar-refractivity contribution in [1.29, 1.82) is 0 Å². The zero-order chi connectivity index (χ0) is 10.4. The zero-order valence-electron chi connectivity index (χ0n) is 8.66. The molecule has 0 amide bonds. The molecule has 1 atom stereocenters. The van der Waals surface area contributed by atoms with Crippen molar-refractivity contribution < 1.29 is 0 Å². The maximum absolute atomic E-state index is 3.93. The van der Waals surface area contributed by atoms with E-state index < -0.39 is 0 Å². The molecule has 0 spiro atoms. The summed E-state index contributed by atoms with van der Waals surface area (Å²) in [6, 6.07) is 10.7. The summed E-state index contributed by atoms with van der Waals surface area (Å²) in [5.41, 5.74) is 2.35. The van der Waals surface area contributed by atoms with Gasteiger partial charge in [-0.3, -0.25) is 0 Å². The molecule has 0 aliphatic rings. The molecule has 0 aliphatic heterocycles. The fraction of sp³-hybridized carbons (Fsp3) is 0.231. The molecule has 0 aliphatic carbocycles. The molecule has 74 valence electrons. The smallest absolute Gasteiger partial charge is 0.0358 e. The van der Waals surface area contributed by atoms with Crippen LogP contribution in [0.3, 0.4) is 0 Å². The summed E-state index contributed by atoms with van der Waals surface area (Å²) < 4.78 is 0. The first-order chi connectivity index (χ1) is 6.77. The Morgan fingerprint density at radius 3 is 2.57 bits per heavy atom. The monoisotopic (exact) mass is 187 g/mol. The van der Waals surface area contributed by atoms with Crippen LogP contribution in [0.1, 0.15) is 18.0 Å². The fourth-order valence-corrected chi connectivity index (χ4v) is 1.42. The lowest BCUT2D eigenvalue weighted by Crippen LogP contribution is -2.16. The molecule has 1 nitrogen and oxygen atoms in total. The molecule has 1 rings (SSSR count). The van der Waals surface area contributed by atoms with Gasteiger partial charge in [0.25, 0.3) is 0 Å². The maximum atomic E-state index is 3.93. The van der Waals surface area contributed by atoms with Crippen LogP contribution in [0.15, 0.2) is 55.1 Å². The van der Waals surface area contributed by atoms with Gasteiger partial charge in [0, 0.05) is 6.04 Å². The number of nitrogens with one attached hydrogen (secondary N) is 1. The van der Waals surface area contributed by atoms with Gasteiger partial charge in [0.1, 0.15) is 0 Å². The van der Waals surface area contributed by atoms with E-state index in [2.05, 4.69) is 42.7 Å². The molecule has 0 fully saturated rings. The molecule has 0 unspecified atom stereocenters. The quantitative estimate of drug-likeness (QED) is 0.698. The third-order valence-corrected chi connectivity index (χ3v) is 2.31. The highest BCUT2D eigenvalue weighted by Crippen LogP contribution is 2.19. The average Bonchev–Trinajstić information content (AvgIpc) is 2.26. The van der Waals surface area contributed by atoms with Gasteiger partial charge < -0.3 is 5.32 Å². The van der Waals surface area contributed by atoms with E-state index in [0.29, 0.717) is 6.04 Å². The molecule has 1 aromatic carbocycles. The number of rotatable bonds is 5. The summed E-state index contributed by atoms with van der Waals surface area (Å²) >= 11 is 0. The third-order valence-electron chi connectivity index (χ3n) is 2.31. The van der Waals surface area contributed by atoms with Crippen molar-refractivity contribution in [1.82, 2.24) is 5.32 Å². The van der Waals surface area contributed by atoms with Crippen molar-refractivity contribution in [3.8, 4) is 0 Å². The summed E-state index contributed by atoms with van der Waals surface area (Å²) in [5.74, 6) is 0. The van der Waals surface area contributed by atoms with Crippen LogP contribution >= 0.6 is 0 Å². The summed E-state index contributed by atoms with van der Waals surface area (Å²) in [6.07, 6.45) is 2.72. The Balaban J connectivity index is 2.72. The highest BCUT2D eigenvalue weighted by molar-refractivity contribution is 5.23. The molecular weight excluding hydrogens is 170 g/mol. The largest absolute Gasteiger partial charge is 0.313 e. The minimum Gasteiger partial charge on any atom is -0.313 e. The Kier molecular flexibility index (Phi) is 4.14. The van der Waals surface area contributed by atoms with Crippen LogP contribution in [0.5, 0.6) is 0 Å². The second-order valence-electron chi connectivity index (χ2n) is 3.32. The SMILES string of the molecule is C=CC(=C)C[C@@H](NC)c1ccccc1. The van der Waals surface area contributed by atoms with Crippen molar-refractivity contribution in [3.63, 3.8) is 0 Å². The van der Waals surface area contributed by atoms with Crippen LogP contribution in [0.4, 0.5) is 0 Å². The predicted molar refractivity (Wildman–Crippen MR) is 62.2 cm³/mol. The van der Waals surface area contributed by atoms with Crippen LogP contribution in [0.25, 0.3) is 0 Å². The first kappa shape index (κ1) is 10.7. The molecule has 0 bridgehead atoms. The normalized spacial score (nSPS) is 12.1. The van der Waals surface area contributed by atoms with Gasteiger partial charge in [-0.1, -0.05) is 55.1 Å². The molecule has 1 heteroatoms. The lowest BCUT2D eigenvalue weighted by molar-refractivity contribution is 0.595. The molecule has 0 aromatic heterocycles. The summed E-state index contributed by atoms with van der Waals surface area (Å²) in [6.45, 7) is 7.64. The molecule has 1 aromatic rings. The van der Waals surface area contributed by atoms with Crippen molar-refractivity contribution in [3.05, 3.63) is 60.7 Å². The number of benzene rings is 1. The predicted octanol–water partition coefficient (Wildman–Crippen LogP) is 3.08. The second kappa shape index (κ2) is 5.40. The Hall–Kier alpha value is -1.34. The van der Waals surface area contributed by atoms with Crippen LogP contribution in [-0.2, 0) is 0 Å². The Morgan fingerprint density at radius 1 is 1.43 bits per heavy atom. The minimum absolute atomic E-state index is 0.335. The Morgan fingerprint density at radius 2 is 2.07 bits per heavy atom. The first-order valence-electron chi connectivity index (χ1n) is 4.80. The second-order valence-corrected chi connectivity index (χ2v) is 3.32.